The smallest absolute Gasteiger partial charge is 0.433 e. The summed E-state index contributed by atoms with van der Waals surface area (Å²) in [6.07, 6.45) is 1.12. The highest BCUT2D eigenvalue weighted by molar-refractivity contribution is 7.22. The third-order valence-electron chi connectivity index (χ3n) is 4.09. The zero-order valence-electron chi connectivity index (χ0n) is 16.3. The standard InChI is InChI=1S/C20H11Cl2FN4O5S/c21-11-1-5-16(14(22)7-11)31-10-18(28)26(24-9-13-3-6-19(32-13)27(29)30)20-25-15-4-2-12(23)8-17(15)33-20/h1-9H,10H2/b24-9+. The maximum absolute atomic E-state index is 13.6. The van der Waals surface area contributed by atoms with Gasteiger partial charge in [0.1, 0.15) is 16.5 Å². The van der Waals surface area contributed by atoms with E-state index in [4.69, 9.17) is 32.4 Å². The number of carbonyl (C=O) groups is 1. The monoisotopic (exact) mass is 508 g/mol. The molecule has 33 heavy (non-hydrogen) atoms. The molecular weight excluding hydrogens is 498 g/mol. The van der Waals surface area contributed by atoms with Gasteiger partial charge in [0.15, 0.2) is 12.4 Å². The molecule has 0 bridgehead atoms. The first-order valence-electron chi connectivity index (χ1n) is 9.05. The second-order valence-electron chi connectivity index (χ2n) is 6.36. The third kappa shape index (κ3) is 5.28. The molecule has 0 atom stereocenters. The molecule has 0 aliphatic heterocycles. The van der Waals surface area contributed by atoms with Gasteiger partial charge in [-0.2, -0.15) is 10.1 Å². The molecule has 0 saturated heterocycles. The SMILES string of the molecule is O=C(COc1ccc(Cl)cc1Cl)N(/N=C/c1ccc([N+](=O)[O-])o1)c1nc2ccc(F)cc2s1. The summed E-state index contributed by atoms with van der Waals surface area (Å²) >= 11 is 13.0. The fourth-order valence-electron chi connectivity index (χ4n) is 2.61. The first-order valence-corrected chi connectivity index (χ1v) is 10.6. The Bertz CT molecular complexity index is 1390. The van der Waals surface area contributed by atoms with Gasteiger partial charge in [0.25, 0.3) is 5.91 Å². The van der Waals surface area contributed by atoms with E-state index in [1.54, 1.807) is 6.07 Å². The number of nitro groups is 1. The average molecular weight is 509 g/mol. The largest absolute Gasteiger partial charge is 0.482 e. The van der Waals surface area contributed by atoms with E-state index in [-0.39, 0.29) is 21.7 Å². The van der Waals surface area contributed by atoms with Crippen molar-refractivity contribution >= 4 is 67.9 Å². The van der Waals surface area contributed by atoms with Gasteiger partial charge in [-0.1, -0.05) is 34.5 Å². The predicted molar refractivity (Wildman–Crippen MR) is 122 cm³/mol. The van der Waals surface area contributed by atoms with E-state index < -0.39 is 29.1 Å². The summed E-state index contributed by atoms with van der Waals surface area (Å²) in [5.74, 6) is -1.31. The Balaban J connectivity index is 1.62. The number of rotatable bonds is 7. The summed E-state index contributed by atoms with van der Waals surface area (Å²) < 4.78 is 24.6. The number of ether oxygens (including phenoxy) is 1. The quantitative estimate of drug-likeness (QED) is 0.180. The zero-order valence-corrected chi connectivity index (χ0v) is 18.6. The Morgan fingerprint density at radius 1 is 1.27 bits per heavy atom. The van der Waals surface area contributed by atoms with Crippen LogP contribution in [0.3, 0.4) is 0 Å². The molecule has 0 saturated carbocycles. The van der Waals surface area contributed by atoms with Gasteiger partial charge in [0.05, 0.1) is 27.5 Å². The Hall–Kier alpha value is -3.54. The summed E-state index contributed by atoms with van der Waals surface area (Å²) in [6.45, 7) is -0.471. The van der Waals surface area contributed by atoms with E-state index >= 15 is 0 Å². The maximum Gasteiger partial charge on any atom is 0.433 e. The molecule has 0 radical (unpaired) electrons. The summed E-state index contributed by atoms with van der Waals surface area (Å²) in [4.78, 5) is 27.4. The first-order chi connectivity index (χ1) is 15.8. The van der Waals surface area contributed by atoms with Gasteiger partial charge in [0, 0.05) is 5.02 Å². The molecule has 0 N–H and O–H groups in total. The van der Waals surface area contributed by atoms with Gasteiger partial charge in [0.2, 0.25) is 5.13 Å². The van der Waals surface area contributed by atoms with Crippen molar-refractivity contribution in [2.45, 2.75) is 0 Å². The number of anilines is 1. The summed E-state index contributed by atoms with van der Waals surface area (Å²) in [7, 11) is 0. The number of furan rings is 1. The van der Waals surface area contributed by atoms with E-state index in [9.17, 15) is 19.3 Å². The van der Waals surface area contributed by atoms with Gasteiger partial charge in [-0.3, -0.25) is 14.9 Å². The zero-order chi connectivity index (χ0) is 23.5. The lowest BCUT2D eigenvalue weighted by Crippen LogP contribution is -2.30. The number of amides is 1. The van der Waals surface area contributed by atoms with Crippen LogP contribution in [0, 0.1) is 15.9 Å². The summed E-state index contributed by atoms with van der Waals surface area (Å²) in [5.41, 5.74) is 0.458. The molecule has 2 aromatic carbocycles. The summed E-state index contributed by atoms with van der Waals surface area (Å²) in [6, 6.07) is 11.0. The Labute approximate surface area is 198 Å². The number of nitrogens with zero attached hydrogens (tertiary/aromatic N) is 4. The van der Waals surface area contributed by atoms with Crippen LogP contribution in [0.25, 0.3) is 10.2 Å². The fraction of sp³-hybridized carbons (Fsp3) is 0.0500. The number of benzene rings is 2. The molecule has 13 heteroatoms. The van der Waals surface area contributed by atoms with Crippen LogP contribution < -0.4 is 9.75 Å². The van der Waals surface area contributed by atoms with Crippen molar-refractivity contribution in [1.82, 2.24) is 4.98 Å². The average Bonchev–Trinajstić information content (AvgIpc) is 3.40. The Morgan fingerprint density at radius 3 is 2.82 bits per heavy atom. The fourth-order valence-corrected chi connectivity index (χ4v) is 4.04. The highest BCUT2D eigenvalue weighted by Crippen LogP contribution is 2.31. The second-order valence-corrected chi connectivity index (χ2v) is 8.21. The van der Waals surface area contributed by atoms with Crippen molar-refractivity contribution in [2.75, 3.05) is 11.6 Å². The van der Waals surface area contributed by atoms with Crippen LogP contribution in [0.15, 0.2) is 58.0 Å². The van der Waals surface area contributed by atoms with Crippen molar-refractivity contribution in [3.63, 3.8) is 0 Å². The van der Waals surface area contributed by atoms with Crippen molar-refractivity contribution in [2.24, 2.45) is 5.10 Å². The van der Waals surface area contributed by atoms with Crippen molar-refractivity contribution in [3.8, 4) is 5.75 Å². The lowest BCUT2D eigenvalue weighted by molar-refractivity contribution is -0.402. The highest BCUT2D eigenvalue weighted by atomic mass is 35.5. The Kier molecular flexibility index (Phi) is 6.54. The number of hydrazone groups is 1. The van der Waals surface area contributed by atoms with Crippen LogP contribution in [0.4, 0.5) is 15.4 Å². The van der Waals surface area contributed by atoms with Crippen LogP contribution in [0.5, 0.6) is 5.75 Å². The van der Waals surface area contributed by atoms with Gasteiger partial charge in [-0.05, 0) is 42.5 Å². The number of aromatic nitrogens is 1. The lowest BCUT2D eigenvalue weighted by Gasteiger charge is -2.14. The molecule has 4 aromatic rings. The minimum atomic E-state index is -0.702. The third-order valence-corrected chi connectivity index (χ3v) is 5.62. The molecule has 0 fully saturated rings. The molecule has 9 nitrogen and oxygen atoms in total. The molecule has 2 heterocycles. The molecule has 0 spiro atoms. The van der Waals surface area contributed by atoms with Gasteiger partial charge < -0.3 is 9.15 Å². The molecular formula is C20H11Cl2FN4O5S. The normalized spacial score (nSPS) is 11.2. The van der Waals surface area contributed by atoms with Crippen LogP contribution >= 0.6 is 34.5 Å². The lowest BCUT2D eigenvalue weighted by atomic mass is 10.3. The van der Waals surface area contributed by atoms with E-state index in [2.05, 4.69) is 10.1 Å². The second kappa shape index (κ2) is 9.53. The molecule has 2 aromatic heterocycles. The van der Waals surface area contributed by atoms with E-state index in [0.29, 0.717) is 15.2 Å². The predicted octanol–water partition coefficient (Wildman–Crippen LogP) is 5.69. The van der Waals surface area contributed by atoms with E-state index in [1.165, 1.54) is 36.4 Å². The van der Waals surface area contributed by atoms with Crippen molar-refractivity contribution < 1.29 is 23.3 Å². The molecule has 168 valence electrons. The van der Waals surface area contributed by atoms with E-state index in [1.807, 2.05) is 0 Å². The topological polar surface area (TPSA) is 111 Å². The minimum Gasteiger partial charge on any atom is -0.482 e. The number of halogens is 3. The van der Waals surface area contributed by atoms with Crippen LogP contribution in [-0.4, -0.2) is 28.6 Å². The van der Waals surface area contributed by atoms with Crippen molar-refractivity contribution in [1.29, 1.82) is 0 Å². The number of hydrogen-bond donors (Lipinski definition) is 0. The first kappa shape index (κ1) is 22.6. The minimum absolute atomic E-state index is 0.0355. The number of thiazole rings is 1. The van der Waals surface area contributed by atoms with Crippen LogP contribution in [0.1, 0.15) is 5.76 Å². The molecule has 0 unspecified atom stereocenters. The maximum atomic E-state index is 13.6. The molecule has 0 aliphatic carbocycles. The molecule has 4 rings (SSSR count). The number of hydrogen-bond acceptors (Lipinski definition) is 8. The van der Waals surface area contributed by atoms with Crippen LogP contribution in [-0.2, 0) is 4.79 Å². The number of carbonyl (C=O) groups excluding carboxylic acids is 1. The summed E-state index contributed by atoms with van der Waals surface area (Å²) in [5, 5.41) is 16.5. The highest BCUT2D eigenvalue weighted by Gasteiger charge is 2.21. The van der Waals surface area contributed by atoms with Gasteiger partial charge >= 0.3 is 5.88 Å². The van der Waals surface area contributed by atoms with Crippen molar-refractivity contribution in [3.05, 3.63) is 80.3 Å². The van der Waals surface area contributed by atoms with Crippen LogP contribution in [0.2, 0.25) is 10.0 Å². The Morgan fingerprint density at radius 2 is 2.09 bits per heavy atom. The van der Waals surface area contributed by atoms with Gasteiger partial charge in [-0.25, -0.2) is 9.37 Å². The molecule has 0 aliphatic rings. The molecule has 1 amide bonds. The van der Waals surface area contributed by atoms with Gasteiger partial charge in [-0.15, -0.1) is 0 Å². The number of fused-ring (bicyclic) bond motifs is 1. The van der Waals surface area contributed by atoms with E-state index in [0.717, 1.165) is 28.6 Å².